The minimum Gasteiger partial charge on any atom is -0.480 e. The highest BCUT2D eigenvalue weighted by atomic mass is 32.2. The Hall–Kier alpha value is -3.23. The number of hydrogen-bond acceptors (Lipinski definition) is 5. The molecule has 0 unspecified atom stereocenters. The molecule has 8 heteroatoms. The van der Waals surface area contributed by atoms with Gasteiger partial charge in [0.2, 0.25) is 10.0 Å². The van der Waals surface area contributed by atoms with Crippen LogP contribution < -0.4 is 0 Å². The summed E-state index contributed by atoms with van der Waals surface area (Å²) >= 11 is 0. The first-order chi connectivity index (χ1) is 15.5. The van der Waals surface area contributed by atoms with Gasteiger partial charge in [0.25, 0.3) is 0 Å². The number of carboxylic acid groups (broad SMARTS) is 1. The molecule has 0 amide bonds. The highest BCUT2D eigenvalue weighted by Crippen LogP contribution is 2.25. The number of aliphatic carboxylic acids is 1. The number of carboxylic acids is 1. The second-order valence-electron chi connectivity index (χ2n) is 8.69. The molecule has 0 aliphatic rings. The molecule has 33 heavy (non-hydrogen) atoms. The molecule has 0 spiro atoms. The van der Waals surface area contributed by atoms with E-state index in [9.17, 15) is 23.1 Å². The number of fused-ring (bicyclic) bond motifs is 1. The molecule has 0 radical (unpaired) electrons. The summed E-state index contributed by atoms with van der Waals surface area (Å²) in [5, 5.41) is 11.5. The monoisotopic (exact) mass is 469 g/mol. The van der Waals surface area contributed by atoms with Crippen molar-refractivity contribution in [3.8, 4) is 0 Å². The third-order valence-electron chi connectivity index (χ3n) is 4.94. The zero-order valence-corrected chi connectivity index (χ0v) is 19.6. The zero-order valence-electron chi connectivity index (χ0n) is 18.8. The van der Waals surface area contributed by atoms with E-state index in [0.29, 0.717) is 10.9 Å². The van der Waals surface area contributed by atoms with Crippen molar-refractivity contribution in [2.24, 2.45) is 0 Å². The van der Waals surface area contributed by atoms with Gasteiger partial charge in [-0.15, -0.1) is 0 Å². The summed E-state index contributed by atoms with van der Waals surface area (Å²) in [6, 6.07) is 19.0. The number of hydrogen-bond donors (Lipinski definition) is 1. The van der Waals surface area contributed by atoms with Crippen LogP contribution in [0.25, 0.3) is 10.8 Å². The zero-order chi connectivity index (χ0) is 24.2. The minimum absolute atomic E-state index is 0.0935. The molecule has 0 fully saturated rings. The van der Waals surface area contributed by atoms with Crippen LogP contribution in [0.2, 0.25) is 0 Å². The smallest absolute Gasteiger partial charge is 0.322 e. The molecule has 3 aromatic rings. The summed E-state index contributed by atoms with van der Waals surface area (Å²) in [7, 11) is -4.36. The van der Waals surface area contributed by atoms with E-state index >= 15 is 0 Å². The Balaban J connectivity index is 2.06. The SMILES string of the molecule is CC(C)(C)OC(=O)CN([C@H](Cc1ccccc1)C(=O)O)S(=O)(=O)c1ccc2ccccc2c1. The fourth-order valence-corrected chi connectivity index (χ4v) is 5.04. The number of carbonyl (C=O) groups is 2. The highest BCUT2D eigenvalue weighted by molar-refractivity contribution is 7.89. The van der Waals surface area contributed by atoms with Crippen molar-refractivity contribution in [1.29, 1.82) is 0 Å². The second kappa shape index (κ2) is 9.72. The molecule has 0 heterocycles. The Morgan fingerprint density at radius 1 is 0.939 bits per heavy atom. The molecule has 0 saturated carbocycles. The van der Waals surface area contributed by atoms with Gasteiger partial charge in [0.15, 0.2) is 0 Å². The second-order valence-corrected chi connectivity index (χ2v) is 10.6. The number of rotatable bonds is 8. The largest absolute Gasteiger partial charge is 0.480 e. The van der Waals surface area contributed by atoms with Gasteiger partial charge in [-0.2, -0.15) is 4.31 Å². The van der Waals surface area contributed by atoms with Gasteiger partial charge >= 0.3 is 11.9 Å². The molecule has 1 atom stereocenters. The molecular weight excluding hydrogens is 442 g/mol. The normalized spacial score (nSPS) is 13.1. The lowest BCUT2D eigenvalue weighted by Gasteiger charge is -2.29. The Labute approximate surface area is 193 Å². The minimum atomic E-state index is -4.36. The summed E-state index contributed by atoms with van der Waals surface area (Å²) in [6.07, 6.45) is -0.105. The highest BCUT2D eigenvalue weighted by Gasteiger charge is 2.38. The van der Waals surface area contributed by atoms with Gasteiger partial charge in [-0.25, -0.2) is 8.42 Å². The fraction of sp³-hybridized carbons (Fsp3) is 0.280. The number of esters is 1. The van der Waals surface area contributed by atoms with Crippen LogP contribution in [0, 0.1) is 0 Å². The quantitative estimate of drug-likeness (QED) is 0.503. The summed E-state index contributed by atoms with van der Waals surface area (Å²) < 4.78 is 33.4. The van der Waals surface area contributed by atoms with Crippen LogP contribution in [-0.2, 0) is 30.8 Å². The number of benzene rings is 3. The molecule has 0 bridgehead atoms. The standard InChI is InChI=1S/C25H27NO6S/c1-25(2,3)32-23(27)17-26(22(24(28)29)15-18-9-5-4-6-10-18)33(30,31)21-14-13-19-11-7-8-12-20(19)16-21/h4-14,16,22H,15,17H2,1-3H3,(H,28,29)/t22-/m1/s1. The Morgan fingerprint density at radius 3 is 2.15 bits per heavy atom. The van der Waals surface area contributed by atoms with Gasteiger partial charge in [-0.05, 0) is 55.7 Å². The summed E-state index contributed by atoms with van der Waals surface area (Å²) in [5.41, 5.74) is -0.221. The Kier molecular flexibility index (Phi) is 7.19. The van der Waals surface area contributed by atoms with Crippen LogP contribution in [0.1, 0.15) is 26.3 Å². The van der Waals surface area contributed by atoms with Crippen LogP contribution in [-0.4, -0.2) is 48.0 Å². The molecule has 0 saturated heterocycles. The first-order valence-electron chi connectivity index (χ1n) is 10.5. The van der Waals surface area contributed by atoms with E-state index in [1.165, 1.54) is 12.1 Å². The average molecular weight is 470 g/mol. The van der Waals surface area contributed by atoms with Crippen molar-refractivity contribution >= 4 is 32.7 Å². The molecule has 3 aromatic carbocycles. The maximum absolute atomic E-state index is 13.7. The fourth-order valence-electron chi connectivity index (χ4n) is 3.48. The van der Waals surface area contributed by atoms with Gasteiger partial charge in [0.05, 0.1) is 4.90 Å². The van der Waals surface area contributed by atoms with Crippen LogP contribution in [0.5, 0.6) is 0 Å². The van der Waals surface area contributed by atoms with Gasteiger partial charge < -0.3 is 9.84 Å². The molecular formula is C25H27NO6S. The topological polar surface area (TPSA) is 101 Å². The third kappa shape index (κ3) is 6.18. The average Bonchev–Trinajstić information content (AvgIpc) is 2.75. The van der Waals surface area contributed by atoms with Crippen molar-refractivity contribution < 1.29 is 27.9 Å². The number of sulfonamides is 1. The number of carbonyl (C=O) groups excluding carboxylic acids is 1. The van der Waals surface area contributed by atoms with E-state index in [1.54, 1.807) is 69.3 Å². The van der Waals surface area contributed by atoms with E-state index in [0.717, 1.165) is 9.69 Å². The number of ether oxygens (including phenoxy) is 1. The van der Waals surface area contributed by atoms with Gasteiger partial charge in [0.1, 0.15) is 18.2 Å². The Morgan fingerprint density at radius 2 is 1.55 bits per heavy atom. The van der Waals surface area contributed by atoms with Crippen molar-refractivity contribution in [3.05, 3.63) is 78.4 Å². The van der Waals surface area contributed by atoms with Crippen molar-refractivity contribution in [2.45, 2.75) is 43.7 Å². The van der Waals surface area contributed by atoms with E-state index in [4.69, 9.17) is 4.74 Å². The lowest BCUT2D eigenvalue weighted by molar-refractivity contribution is -0.156. The van der Waals surface area contributed by atoms with Crippen molar-refractivity contribution in [2.75, 3.05) is 6.54 Å². The summed E-state index contributed by atoms with van der Waals surface area (Å²) in [4.78, 5) is 24.8. The predicted octanol–water partition coefficient (Wildman–Crippen LogP) is 3.87. The molecule has 0 aliphatic heterocycles. The van der Waals surface area contributed by atoms with Gasteiger partial charge in [0, 0.05) is 0 Å². The predicted molar refractivity (Wildman–Crippen MR) is 125 cm³/mol. The lowest BCUT2D eigenvalue weighted by atomic mass is 10.1. The molecule has 0 aliphatic carbocycles. The van der Waals surface area contributed by atoms with E-state index in [-0.39, 0.29) is 11.3 Å². The van der Waals surface area contributed by atoms with Crippen molar-refractivity contribution in [1.82, 2.24) is 4.31 Å². The van der Waals surface area contributed by atoms with Crippen LogP contribution in [0.15, 0.2) is 77.7 Å². The van der Waals surface area contributed by atoms with E-state index in [1.807, 2.05) is 12.1 Å². The Bertz CT molecular complexity index is 1250. The van der Waals surface area contributed by atoms with Crippen LogP contribution in [0.4, 0.5) is 0 Å². The first-order valence-corrected chi connectivity index (χ1v) is 11.9. The maximum Gasteiger partial charge on any atom is 0.322 e. The van der Waals surface area contributed by atoms with Crippen LogP contribution in [0.3, 0.4) is 0 Å². The first kappa shape index (κ1) is 24.4. The number of nitrogens with zero attached hydrogens (tertiary/aromatic N) is 1. The van der Waals surface area contributed by atoms with Crippen LogP contribution >= 0.6 is 0 Å². The molecule has 7 nitrogen and oxygen atoms in total. The van der Waals surface area contributed by atoms with E-state index < -0.39 is 40.1 Å². The summed E-state index contributed by atoms with van der Waals surface area (Å²) in [5.74, 6) is -2.18. The molecule has 0 aromatic heterocycles. The van der Waals surface area contributed by atoms with Gasteiger partial charge in [-0.1, -0.05) is 60.7 Å². The summed E-state index contributed by atoms with van der Waals surface area (Å²) in [6.45, 7) is 4.25. The van der Waals surface area contributed by atoms with Gasteiger partial charge in [-0.3, -0.25) is 9.59 Å². The molecule has 1 N–H and O–H groups in total. The third-order valence-corrected chi connectivity index (χ3v) is 6.79. The van der Waals surface area contributed by atoms with E-state index in [2.05, 4.69) is 0 Å². The van der Waals surface area contributed by atoms with Crippen molar-refractivity contribution in [3.63, 3.8) is 0 Å². The lowest BCUT2D eigenvalue weighted by Crippen LogP contribution is -2.49. The molecule has 174 valence electrons. The maximum atomic E-state index is 13.7. The molecule has 3 rings (SSSR count).